The second-order valence-electron chi connectivity index (χ2n) is 3.44. The van der Waals surface area contributed by atoms with E-state index in [2.05, 4.69) is 36.3 Å². The minimum Gasteiger partial charge on any atom is -0.384 e. The van der Waals surface area contributed by atoms with Crippen molar-refractivity contribution in [2.45, 2.75) is 0 Å². The predicted molar refractivity (Wildman–Crippen MR) is 65.8 cm³/mol. The average Bonchev–Trinajstić information content (AvgIpc) is 2.86. The number of fused-ring (bicyclic) bond motifs is 1. The summed E-state index contributed by atoms with van der Waals surface area (Å²) in [5.74, 6) is 0.548. The number of para-hydroxylation sites is 1. The number of nitrogens with one attached hydrogen (secondary N) is 2. The minimum atomic E-state index is 0.548. The molecule has 3 rings (SSSR count). The van der Waals surface area contributed by atoms with Gasteiger partial charge in [-0.05, 0) is 22.0 Å². The lowest BCUT2D eigenvalue weighted by atomic mass is 10.1. The van der Waals surface area contributed by atoms with Gasteiger partial charge in [-0.1, -0.05) is 12.1 Å². The highest BCUT2D eigenvalue weighted by atomic mass is 79.9. The molecule has 0 fully saturated rings. The Morgan fingerprint density at radius 2 is 2.06 bits per heavy atom. The van der Waals surface area contributed by atoms with Gasteiger partial charge >= 0.3 is 0 Å². The number of anilines is 1. The minimum absolute atomic E-state index is 0.548. The Hall–Kier alpha value is -1.82. The van der Waals surface area contributed by atoms with Gasteiger partial charge in [0.1, 0.15) is 15.9 Å². The van der Waals surface area contributed by atoms with Crippen LogP contribution in [0.4, 0.5) is 5.82 Å². The highest BCUT2D eigenvalue weighted by Gasteiger charge is 2.12. The fraction of sp³-hybridized carbons (Fsp3) is 0. The van der Waals surface area contributed by atoms with Crippen LogP contribution in [0.5, 0.6) is 0 Å². The standard InChI is InChI=1S/C10H8BrN5/c11-9-6-3-1-2-5(8(6)14-15-9)7-4-13-16-10(7)12/h1-4H,(H,14,15)(H3,12,13,16). The van der Waals surface area contributed by atoms with Gasteiger partial charge in [-0.15, -0.1) is 0 Å². The van der Waals surface area contributed by atoms with Crippen LogP contribution in [0.15, 0.2) is 29.0 Å². The molecule has 0 spiro atoms. The number of aromatic amines is 2. The van der Waals surface area contributed by atoms with Crippen molar-refractivity contribution in [3.05, 3.63) is 29.0 Å². The molecule has 0 atom stereocenters. The number of hydrogen-bond acceptors (Lipinski definition) is 3. The third-order valence-electron chi connectivity index (χ3n) is 2.50. The largest absolute Gasteiger partial charge is 0.384 e. The molecule has 0 saturated heterocycles. The van der Waals surface area contributed by atoms with Gasteiger partial charge in [-0.2, -0.15) is 10.2 Å². The van der Waals surface area contributed by atoms with Crippen LogP contribution in [0.3, 0.4) is 0 Å². The molecule has 0 aliphatic rings. The number of hydrogen-bond donors (Lipinski definition) is 3. The Morgan fingerprint density at radius 1 is 1.19 bits per heavy atom. The van der Waals surface area contributed by atoms with Crippen molar-refractivity contribution in [3.8, 4) is 11.1 Å². The van der Waals surface area contributed by atoms with Crippen LogP contribution in [0, 0.1) is 0 Å². The van der Waals surface area contributed by atoms with Crippen molar-refractivity contribution < 1.29 is 0 Å². The molecule has 4 N–H and O–H groups in total. The first kappa shape index (κ1) is 9.41. The van der Waals surface area contributed by atoms with Crippen molar-refractivity contribution in [2.75, 3.05) is 5.73 Å². The molecule has 1 aromatic carbocycles. The molecule has 0 bridgehead atoms. The molecule has 0 aliphatic heterocycles. The summed E-state index contributed by atoms with van der Waals surface area (Å²) in [5.41, 5.74) is 8.51. The lowest BCUT2D eigenvalue weighted by molar-refractivity contribution is 1.10. The second kappa shape index (κ2) is 3.34. The van der Waals surface area contributed by atoms with Crippen LogP contribution in [0.25, 0.3) is 22.0 Å². The van der Waals surface area contributed by atoms with E-state index >= 15 is 0 Å². The third kappa shape index (κ3) is 1.23. The van der Waals surface area contributed by atoms with Crippen LogP contribution in [-0.4, -0.2) is 20.4 Å². The van der Waals surface area contributed by atoms with E-state index in [1.165, 1.54) is 0 Å². The molecular formula is C10H8BrN5. The van der Waals surface area contributed by atoms with Gasteiger partial charge in [0.15, 0.2) is 0 Å². The third-order valence-corrected chi connectivity index (χ3v) is 3.10. The Kier molecular flexibility index (Phi) is 1.97. The maximum atomic E-state index is 5.80. The molecule has 0 amide bonds. The van der Waals surface area contributed by atoms with E-state index in [-0.39, 0.29) is 0 Å². The topological polar surface area (TPSA) is 83.4 Å². The summed E-state index contributed by atoms with van der Waals surface area (Å²) < 4.78 is 0.867. The molecule has 2 aromatic heterocycles. The number of halogens is 1. The summed E-state index contributed by atoms with van der Waals surface area (Å²) in [7, 11) is 0. The van der Waals surface area contributed by atoms with Gasteiger partial charge in [0.25, 0.3) is 0 Å². The summed E-state index contributed by atoms with van der Waals surface area (Å²) in [4.78, 5) is 0. The van der Waals surface area contributed by atoms with Gasteiger partial charge in [-0.3, -0.25) is 10.2 Å². The number of benzene rings is 1. The zero-order chi connectivity index (χ0) is 11.1. The first-order valence-electron chi connectivity index (χ1n) is 4.69. The van der Waals surface area contributed by atoms with E-state index < -0.39 is 0 Å². The van der Waals surface area contributed by atoms with Gasteiger partial charge in [0, 0.05) is 16.5 Å². The summed E-state index contributed by atoms with van der Waals surface area (Å²) in [6.45, 7) is 0. The summed E-state index contributed by atoms with van der Waals surface area (Å²) in [5, 5.41) is 14.8. The van der Waals surface area contributed by atoms with E-state index in [9.17, 15) is 0 Å². The summed E-state index contributed by atoms with van der Waals surface area (Å²) >= 11 is 3.41. The fourth-order valence-corrected chi connectivity index (χ4v) is 2.14. The Morgan fingerprint density at radius 3 is 2.81 bits per heavy atom. The molecule has 6 heteroatoms. The lowest BCUT2D eigenvalue weighted by Crippen LogP contribution is -1.88. The van der Waals surface area contributed by atoms with Crippen molar-refractivity contribution in [2.24, 2.45) is 0 Å². The number of rotatable bonds is 1. The highest BCUT2D eigenvalue weighted by molar-refractivity contribution is 9.10. The van der Waals surface area contributed by atoms with E-state index in [0.29, 0.717) is 5.82 Å². The number of aromatic nitrogens is 4. The number of nitrogens with zero attached hydrogens (tertiary/aromatic N) is 2. The molecule has 0 unspecified atom stereocenters. The zero-order valence-corrected chi connectivity index (χ0v) is 9.75. The van der Waals surface area contributed by atoms with Gasteiger partial charge in [-0.25, -0.2) is 0 Å². The lowest BCUT2D eigenvalue weighted by Gasteiger charge is -1.99. The van der Waals surface area contributed by atoms with Crippen molar-refractivity contribution in [1.29, 1.82) is 0 Å². The van der Waals surface area contributed by atoms with Crippen molar-refractivity contribution >= 4 is 32.7 Å². The van der Waals surface area contributed by atoms with Gasteiger partial charge in [0.05, 0.1) is 6.20 Å². The molecule has 2 heterocycles. The van der Waals surface area contributed by atoms with Crippen LogP contribution < -0.4 is 5.73 Å². The Labute approximate surface area is 99.2 Å². The van der Waals surface area contributed by atoms with Crippen LogP contribution in [0.2, 0.25) is 0 Å². The van der Waals surface area contributed by atoms with Crippen molar-refractivity contribution in [3.63, 3.8) is 0 Å². The number of nitrogens with two attached hydrogens (primary N) is 1. The van der Waals surface area contributed by atoms with E-state index in [1.54, 1.807) is 6.20 Å². The number of H-pyrrole nitrogens is 2. The molecule has 0 aliphatic carbocycles. The van der Waals surface area contributed by atoms with Crippen LogP contribution in [-0.2, 0) is 0 Å². The predicted octanol–water partition coefficient (Wildman–Crippen LogP) is 2.30. The molecule has 5 nitrogen and oxygen atoms in total. The molecule has 80 valence electrons. The molecule has 3 aromatic rings. The van der Waals surface area contributed by atoms with Crippen LogP contribution >= 0.6 is 15.9 Å². The summed E-state index contributed by atoms with van der Waals surface area (Å²) in [6.07, 6.45) is 1.70. The van der Waals surface area contributed by atoms with E-state index in [0.717, 1.165) is 26.6 Å². The zero-order valence-electron chi connectivity index (χ0n) is 8.16. The average molecular weight is 278 g/mol. The van der Waals surface area contributed by atoms with E-state index in [1.807, 2.05) is 18.2 Å². The Bertz CT molecular complexity index is 654. The first-order valence-corrected chi connectivity index (χ1v) is 5.48. The van der Waals surface area contributed by atoms with Crippen LogP contribution in [0.1, 0.15) is 0 Å². The van der Waals surface area contributed by atoms with E-state index in [4.69, 9.17) is 5.73 Å². The fourth-order valence-electron chi connectivity index (χ4n) is 1.73. The van der Waals surface area contributed by atoms with Gasteiger partial charge in [0.2, 0.25) is 0 Å². The maximum absolute atomic E-state index is 5.80. The normalized spacial score (nSPS) is 11.1. The monoisotopic (exact) mass is 277 g/mol. The quantitative estimate of drug-likeness (QED) is 0.638. The SMILES string of the molecule is Nc1[nH]ncc1-c1cccc2c(Br)[nH]nc12. The smallest absolute Gasteiger partial charge is 0.126 e. The maximum Gasteiger partial charge on any atom is 0.126 e. The molecular weight excluding hydrogens is 270 g/mol. The summed E-state index contributed by atoms with van der Waals surface area (Å²) in [6, 6.07) is 5.92. The second-order valence-corrected chi connectivity index (χ2v) is 4.23. The number of nitrogen functional groups attached to an aromatic ring is 1. The van der Waals surface area contributed by atoms with Gasteiger partial charge < -0.3 is 5.73 Å². The highest BCUT2D eigenvalue weighted by Crippen LogP contribution is 2.32. The molecule has 16 heavy (non-hydrogen) atoms. The Balaban J connectivity index is 2.36. The molecule has 0 radical (unpaired) electrons. The molecule has 0 saturated carbocycles. The van der Waals surface area contributed by atoms with Crippen molar-refractivity contribution in [1.82, 2.24) is 20.4 Å². The first-order chi connectivity index (χ1) is 7.77.